The van der Waals surface area contributed by atoms with Gasteiger partial charge in [-0.25, -0.2) is 4.79 Å². The van der Waals surface area contributed by atoms with E-state index < -0.39 is 11.7 Å². The second-order valence-electron chi connectivity index (χ2n) is 4.77. The summed E-state index contributed by atoms with van der Waals surface area (Å²) in [5, 5.41) is 11.6. The molecule has 0 bridgehead atoms. The summed E-state index contributed by atoms with van der Waals surface area (Å²) in [5.74, 6) is 0. The number of ether oxygens (including phenoxy) is 1. The molecule has 5 heteroatoms. The second-order valence-corrected chi connectivity index (χ2v) is 5.18. The first-order valence-electron chi connectivity index (χ1n) is 5.47. The number of benzene rings is 1. The van der Waals surface area contributed by atoms with Crippen molar-refractivity contribution in [3.8, 4) is 6.07 Å². The van der Waals surface area contributed by atoms with Gasteiger partial charge in [-0.2, -0.15) is 5.26 Å². The van der Waals surface area contributed by atoms with Crippen LogP contribution >= 0.6 is 11.6 Å². The molecule has 1 amide bonds. The third-order valence-corrected chi connectivity index (χ3v) is 2.32. The average Bonchev–Trinajstić information content (AvgIpc) is 2.19. The van der Waals surface area contributed by atoms with E-state index in [1.54, 1.807) is 39.0 Å². The lowest BCUT2D eigenvalue weighted by Crippen LogP contribution is -2.27. The highest BCUT2D eigenvalue weighted by Crippen LogP contribution is 2.21. The van der Waals surface area contributed by atoms with Crippen molar-refractivity contribution in [2.24, 2.45) is 0 Å². The van der Waals surface area contributed by atoms with Crippen LogP contribution in [0, 0.1) is 11.3 Å². The minimum absolute atomic E-state index is 0.242. The normalized spacial score (nSPS) is 10.6. The predicted octanol–water partition coefficient (Wildman–Crippen LogP) is 3.75. The maximum absolute atomic E-state index is 11.5. The van der Waals surface area contributed by atoms with Crippen molar-refractivity contribution in [2.45, 2.75) is 32.8 Å². The summed E-state index contributed by atoms with van der Waals surface area (Å²) in [5.41, 5.74) is 0.721. The molecule has 1 aromatic rings. The van der Waals surface area contributed by atoms with Crippen molar-refractivity contribution >= 4 is 23.4 Å². The molecule has 18 heavy (non-hydrogen) atoms. The monoisotopic (exact) mass is 266 g/mol. The van der Waals surface area contributed by atoms with E-state index in [1.165, 1.54) is 0 Å². The Morgan fingerprint density at radius 1 is 1.50 bits per heavy atom. The lowest BCUT2D eigenvalue weighted by Gasteiger charge is -2.19. The molecule has 0 saturated carbocycles. The van der Waals surface area contributed by atoms with Crippen LogP contribution in [-0.4, -0.2) is 11.7 Å². The van der Waals surface area contributed by atoms with Gasteiger partial charge in [0.2, 0.25) is 0 Å². The van der Waals surface area contributed by atoms with Crippen LogP contribution in [-0.2, 0) is 11.2 Å². The summed E-state index contributed by atoms with van der Waals surface area (Å²) in [4.78, 5) is 11.5. The van der Waals surface area contributed by atoms with Gasteiger partial charge in [-0.3, -0.25) is 5.32 Å². The van der Waals surface area contributed by atoms with Crippen LogP contribution in [0.15, 0.2) is 18.2 Å². The third-order valence-electron chi connectivity index (χ3n) is 1.97. The van der Waals surface area contributed by atoms with E-state index in [9.17, 15) is 4.79 Å². The molecule has 0 aliphatic heterocycles. The lowest BCUT2D eigenvalue weighted by molar-refractivity contribution is 0.0636. The zero-order valence-corrected chi connectivity index (χ0v) is 11.3. The second kappa shape index (κ2) is 5.74. The van der Waals surface area contributed by atoms with Crippen molar-refractivity contribution in [2.75, 3.05) is 5.32 Å². The molecule has 1 rings (SSSR count). The van der Waals surface area contributed by atoms with E-state index in [-0.39, 0.29) is 6.42 Å². The first kappa shape index (κ1) is 14.3. The largest absolute Gasteiger partial charge is 0.444 e. The van der Waals surface area contributed by atoms with Gasteiger partial charge < -0.3 is 4.74 Å². The molecular weight excluding hydrogens is 252 g/mol. The Bertz CT molecular complexity index is 487. The quantitative estimate of drug-likeness (QED) is 0.887. The topological polar surface area (TPSA) is 62.1 Å². The summed E-state index contributed by atoms with van der Waals surface area (Å²) in [6.45, 7) is 5.36. The molecule has 0 unspecified atom stereocenters. The molecule has 0 atom stereocenters. The van der Waals surface area contributed by atoms with Gasteiger partial charge in [-0.1, -0.05) is 17.7 Å². The number of nitrogens with zero attached hydrogens (tertiary/aromatic N) is 1. The van der Waals surface area contributed by atoms with E-state index >= 15 is 0 Å². The minimum Gasteiger partial charge on any atom is -0.444 e. The fourth-order valence-corrected chi connectivity index (χ4v) is 1.52. The van der Waals surface area contributed by atoms with Crippen LogP contribution in [0.3, 0.4) is 0 Å². The van der Waals surface area contributed by atoms with E-state index in [0.717, 1.165) is 5.56 Å². The molecular formula is C13H15ClN2O2. The van der Waals surface area contributed by atoms with Crippen LogP contribution in [0.2, 0.25) is 5.02 Å². The highest BCUT2D eigenvalue weighted by Gasteiger charge is 2.16. The van der Waals surface area contributed by atoms with Crippen LogP contribution < -0.4 is 5.32 Å². The number of carbonyl (C=O) groups is 1. The number of anilines is 1. The summed E-state index contributed by atoms with van der Waals surface area (Å²) in [7, 11) is 0. The highest BCUT2D eigenvalue weighted by molar-refractivity contribution is 6.31. The molecule has 4 nitrogen and oxygen atoms in total. The van der Waals surface area contributed by atoms with Crippen molar-refractivity contribution in [3.05, 3.63) is 28.8 Å². The van der Waals surface area contributed by atoms with Gasteiger partial charge in [0, 0.05) is 10.7 Å². The molecule has 96 valence electrons. The maximum atomic E-state index is 11.5. The van der Waals surface area contributed by atoms with Crippen molar-refractivity contribution < 1.29 is 9.53 Å². The molecule has 0 saturated heterocycles. The molecule has 0 aliphatic carbocycles. The molecule has 0 heterocycles. The Hall–Kier alpha value is -1.73. The number of carbonyl (C=O) groups excluding carboxylic acids is 1. The SMILES string of the molecule is CC(C)(C)OC(=O)Nc1ccc(CC#N)c(Cl)c1. The fourth-order valence-electron chi connectivity index (χ4n) is 1.28. The van der Waals surface area contributed by atoms with Crippen LogP contribution in [0.1, 0.15) is 26.3 Å². The molecule has 0 fully saturated rings. The smallest absolute Gasteiger partial charge is 0.412 e. The van der Waals surface area contributed by atoms with E-state index in [1.807, 2.05) is 6.07 Å². The Balaban J connectivity index is 2.72. The number of nitrogens with one attached hydrogen (secondary N) is 1. The third kappa shape index (κ3) is 4.64. The van der Waals surface area contributed by atoms with E-state index in [2.05, 4.69) is 5.32 Å². The minimum atomic E-state index is -0.547. The van der Waals surface area contributed by atoms with Gasteiger partial charge in [0.25, 0.3) is 0 Å². The predicted molar refractivity (Wildman–Crippen MR) is 70.6 cm³/mol. The number of hydrogen-bond donors (Lipinski definition) is 1. The van der Waals surface area contributed by atoms with E-state index in [4.69, 9.17) is 21.6 Å². The van der Waals surface area contributed by atoms with Crippen LogP contribution in [0.25, 0.3) is 0 Å². The summed E-state index contributed by atoms with van der Waals surface area (Å²) >= 11 is 5.98. The highest BCUT2D eigenvalue weighted by atomic mass is 35.5. The first-order chi connectivity index (χ1) is 8.31. The standard InChI is InChI=1S/C13H15ClN2O2/c1-13(2,3)18-12(17)16-10-5-4-9(6-7-15)11(14)8-10/h4-5,8H,6H2,1-3H3,(H,16,17). The molecule has 1 N–H and O–H groups in total. The van der Waals surface area contributed by atoms with Gasteiger partial charge in [0.05, 0.1) is 12.5 Å². The zero-order valence-electron chi connectivity index (χ0n) is 10.6. The van der Waals surface area contributed by atoms with Crippen molar-refractivity contribution in [1.29, 1.82) is 5.26 Å². The zero-order chi connectivity index (χ0) is 13.8. The maximum Gasteiger partial charge on any atom is 0.412 e. The lowest BCUT2D eigenvalue weighted by atomic mass is 10.1. The molecule has 0 aliphatic rings. The van der Waals surface area contributed by atoms with Gasteiger partial charge in [0.15, 0.2) is 0 Å². The van der Waals surface area contributed by atoms with Gasteiger partial charge in [0.1, 0.15) is 5.60 Å². The average molecular weight is 267 g/mol. The Labute approximate surface area is 112 Å². The van der Waals surface area contributed by atoms with Crippen molar-refractivity contribution in [3.63, 3.8) is 0 Å². The van der Waals surface area contributed by atoms with Crippen LogP contribution in [0.4, 0.5) is 10.5 Å². The molecule has 1 aromatic carbocycles. The van der Waals surface area contributed by atoms with Crippen molar-refractivity contribution in [1.82, 2.24) is 0 Å². The molecule has 0 radical (unpaired) electrons. The number of hydrogen-bond acceptors (Lipinski definition) is 3. The summed E-state index contributed by atoms with van der Waals surface area (Å²) in [6, 6.07) is 7.00. The summed E-state index contributed by atoms with van der Waals surface area (Å²) < 4.78 is 5.11. The van der Waals surface area contributed by atoms with Gasteiger partial charge in [-0.05, 0) is 38.5 Å². The fraction of sp³-hybridized carbons (Fsp3) is 0.385. The Morgan fingerprint density at radius 3 is 2.67 bits per heavy atom. The van der Waals surface area contributed by atoms with Gasteiger partial charge >= 0.3 is 6.09 Å². The summed E-state index contributed by atoms with van der Waals surface area (Å²) in [6.07, 6.45) is -0.294. The van der Waals surface area contributed by atoms with Gasteiger partial charge in [-0.15, -0.1) is 0 Å². The van der Waals surface area contributed by atoms with Crippen LogP contribution in [0.5, 0.6) is 0 Å². The molecule has 0 spiro atoms. The number of nitriles is 1. The molecule has 0 aromatic heterocycles. The first-order valence-corrected chi connectivity index (χ1v) is 5.85. The van der Waals surface area contributed by atoms with E-state index in [0.29, 0.717) is 10.7 Å². The number of halogens is 1. The Kier molecular flexibility index (Phi) is 4.57. The number of amides is 1. The number of rotatable bonds is 2. The Morgan fingerprint density at radius 2 is 2.17 bits per heavy atom.